The van der Waals surface area contributed by atoms with Crippen molar-refractivity contribution in [2.45, 2.75) is 6.17 Å². The first kappa shape index (κ1) is 11.5. The third kappa shape index (κ3) is 2.97. The van der Waals surface area contributed by atoms with Crippen LogP contribution in [0.15, 0.2) is 24.0 Å². The lowest BCUT2D eigenvalue weighted by Gasteiger charge is -2.13. The number of carbonyl (C=O) groups excluding carboxylic acids is 2. The van der Waals surface area contributed by atoms with Gasteiger partial charge in [-0.05, 0) is 18.4 Å². The Morgan fingerprint density at radius 2 is 1.76 bits per heavy atom. The minimum atomic E-state index is -0.531. The van der Waals surface area contributed by atoms with Crippen LogP contribution in [0, 0.1) is 0 Å². The number of fused-ring (bicyclic) bond motifs is 1. The Labute approximate surface area is 98.7 Å². The van der Waals surface area contributed by atoms with Crippen LogP contribution in [0.2, 0.25) is 0 Å². The number of allylic oxidation sites excluding steroid dienone is 2. The van der Waals surface area contributed by atoms with E-state index in [1.807, 2.05) is 12.3 Å². The molecule has 3 heterocycles. The fourth-order valence-electron chi connectivity index (χ4n) is 1.59. The topological polar surface area (TPSA) is 94.3 Å². The molecule has 1 atom stereocenters. The molecule has 0 saturated carbocycles. The van der Waals surface area contributed by atoms with E-state index in [1.54, 1.807) is 0 Å². The van der Waals surface area contributed by atoms with Crippen LogP contribution in [-0.4, -0.2) is 37.7 Å². The van der Waals surface area contributed by atoms with Gasteiger partial charge in [0.1, 0.15) is 6.17 Å². The summed E-state index contributed by atoms with van der Waals surface area (Å²) in [6, 6.07) is 0. The van der Waals surface area contributed by atoms with Gasteiger partial charge in [-0.1, -0.05) is 0 Å². The zero-order chi connectivity index (χ0) is 12.1. The van der Waals surface area contributed by atoms with E-state index in [0.717, 1.165) is 6.67 Å². The molecule has 5 N–H and O–H groups in total. The molecular weight excluding hydrogens is 222 g/mol. The Morgan fingerprint density at radius 1 is 1.06 bits per heavy atom. The van der Waals surface area contributed by atoms with Crippen molar-refractivity contribution in [3.05, 3.63) is 24.0 Å². The first-order chi connectivity index (χ1) is 8.27. The van der Waals surface area contributed by atoms with Crippen molar-refractivity contribution in [3.8, 4) is 0 Å². The van der Waals surface area contributed by atoms with Gasteiger partial charge < -0.3 is 21.3 Å². The maximum Gasteiger partial charge on any atom is 0.309 e. The Kier molecular flexibility index (Phi) is 3.61. The van der Waals surface area contributed by atoms with Crippen LogP contribution in [0.1, 0.15) is 0 Å². The van der Waals surface area contributed by atoms with Gasteiger partial charge in [0.25, 0.3) is 0 Å². The van der Waals surface area contributed by atoms with Crippen molar-refractivity contribution >= 4 is 11.8 Å². The van der Waals surface area contributed by atoms with Gasteiger partial charge >= 0.3 is 11.8 Å². The number of hydrogen-bond donors (Lipinski definition) is 5. The molecule has 3 aliphatic rings. The van der Waals surface area contributed by atoms with Gasteiger partial charge in [0.15, 0.2) is 0 Å². The summed E-state index contributed by atoms with van der Waals surface area (Å²) in [5.41, 5.74) is 1.23. The highest BCUT2D eigenvalue weighted by Gasteiger charge is 2.18. The van der Waals surface area contributed by atoms with E-state index in [-0.39, 0.29) is 0 Å². The van der Waals surface area contributed by atoms with E-state index < -0.39 is 11.8 Å². The first-order valence-electron chi connectivity index (χ1n) is 5.43. The molecule has 3 aliphatic heterocycles. The summed E-state index contributed by atoms with van der Waals surface area (Å²) in [5, 5.41) is 14.3. The second-order valence-electron chi connectivity index (χ2n) is 3.65. The number of hydrogen-bond acceptors (Lipinski definition) is 5. The van der Waals surface area contributed by atoms with E-state index in [1.165, 1.54) is 5.70 Å². The van der Waals surface area contributed by atoms with Crippen molar-refractivity contribution in [1.29, 1.82) is 0 Å². The third-order valence-electron chi connectivity index (χ3n) is 2.45. The lowest BCUT2D eigenvalue weighted by molar-refractivity contribution is -0.140. The normalized spacial score (nSPS) is 25.2. The fourth-order valence-corrected chi connectivity index (χ4v) is 1.59. The predicted octanol–water partition coefficient (Wildman–Crippen LogP) is -2.30. The molecule has 3 rings (SSSR count). The molecule has 2 saturated heterocycles. The van der Waals surface area contributed by atoms with E-state index in [2.05, 4.69) is 32.7 Å². The second-order valence-corrected chi connectivity index (χ2v) is 3.65. The number of amides is 2. The smallest absolute Gasteiger partial charge is 0.309 e. The van der Waals surface area contributed by atoms with Gasteiger partial charge in [-0.25, -0.2) is 0 Å². The minimum Gasteiger partial charge on any atom is -0.373 e. The zero-order valence-corrected chi connectivity index (χ0v) is 9.25. The maximum absolute atomic E-state index is 10.3. The van der Waals surface area contributed by atoms with Gasteiger partial charge in [0.2, 0.25) is 0 Å². The monoisotopic (exact) mass is 237 g/mol. The standard InChI is InChI=1S/C6H9N3.C4H6N2O2/c1-2-5-6(7-3-1)9-4-8-5;7-3-4(8)6-2-1-5-3/h1-3,6-9H,4H2;1-2H2,(H,5,7)(H,6,8). The molecule has 7 nitrogen and oxygen atoms in total. The Bertz CT molecular complexity index is 361. The lowest BCUT2D eigenvalue weighted by Crippen LogP contribution is -2.49. The molecular formula is C10H15N5O2. The molecule has 2 amide bonds. The summed E-state index contributed by atoms with van der Waals surface area (Å²) in [4.78, 5) is 20.5. The van der Waals surface area contributed by atoms with Gasteiger partial charge in [0, 0.05) is 18.8 Å². The second kappa shape index (κ2) is 5.35. The van der Waals surface area contributed by atoms with Crippen molar-refractivity contribution in [2.24, 2.45) is 0 Å². The highest BCUT2D eigenvalue weighted by atomic mass is 16.2. The van der Waals surface area contributed by atoms with Gasteiger partial charge in [-0.2, -0.15) is 0 Å². The first-order valence-corrected chi connectivity index (χ1v) is 5.43. The van der Waals surface area contributed by atoms with Crippen LogP contribution < -0.4 is 26.6 Å². The molecule has 0 aromatic rings. The van der Waals surface area contributed by atoms with Crippen LogP contribution in [0.25, 0.3) is 0 Å². The molecule has 92 valence electrons. The highest BCUT2D eigenvalue weighted by Crippen LogP contribution is 2.04. The Hall–Kier alpha value is -2.02. The number of rotatable bonds is 0. The SMILES string of the molecule is C1=CNC2NCNC2=C1.O=C1NCCNC1=O. The quantitative estimate of drug-likeness (QED) is 0.305. The molecule has 0 radical (unpaired) electrons. The number of carbonyl (C=O) groups is 2. The van der Waals surface area contributed by atoms with Crippen LogP contribution in [0.5, 0.6) is 0 Å². The van der Waals surface area contributed by atoms with E-state index >= 15 is 0 Å². The molecule has 2 fully saturated rings. The van der Waals surface area contributed by atoms with Crippen molar-refractivity contribution < 1.29 is 9.59 Å². The highest BCUT2D eigenvalue weighted by molar-refractivity contribution is 6.35. The van der Waals surface area contributed by atoms with Crippen molar-refractivity contribution in [2.75, 3.05) is 19.8 Å². The minimum absolute atomic E-state index is 0.329. The zero-order valence-electron chi connectivity index (χ0n) is 9.25. The number of piperazine rings is 1. The van der Waals surface area contributed by atoms with E-state index in [0.29, 0.717) is 19.3 Å². The molecule has 7 heteroatoms. The molecule has 0 aromatic carbocycles. The van der Waals surface area contributed by atoms with Crippen LogP contribution in [0.4, 0.5) is 0 Å². The molecule has 0 aliphatic carbocycles. The molecule has 1 unspecified atom stereocenters. The number of nitrogens with one attached hydrogen (secondary N) is 5. The van der Waals surface area contributed by atoms with Crippen molar-refractivity contribution in [1.82, 2.24) is 26.6 Å². The average Bonchev–Trinajstić information content (AvgIpc) is 2.82. The van der Waals surface area contributed by atoms with Crippen LogP contribution in [0.3, 0.4) is 0 Å². The molecule has 0 aromatic heterocycles. The third-order valence-corrected chi connectivity index (χ3v) is 2.45. The van der Waals surface area contributed by atoms with Crippen LogP contribution >= 0.6 is 0 Å². The van der Waals surface area contributed by atoms with E-state index in [9.17, 15) is 9.59 Å². The van der Waals surface area contributed by atoms with E-state index in [4.69, 9.17) is 0 Å². The fraction of sp³-hybridized carbons (Fsp3) is 0.400. The molecule has 0 spiro atoms. The average molecular weight is 237 g/mol. The summed E-state index contributed by atoms with van der Waals surface area (Å²) in [6.45, 7) is 1.96. The summed E-state index contributed by atoms with van der Waals surface area (Å²) >= 11 is 0. The lowest BCUT2D eigenvalue weighted by atomic mass is 10.3. The Balaban J connectivity index is 0.000000128. The summed E-state index contributed by atoms with van der Waals surface area (Å²) in [6.07, 6.45) is 6.33. The largest absolute Gasteiger partial charge is 0.373 e. The Morgan fingerprint density at radius 3 is 2.35 bits per heavy atom. The summed E-state index contributed by atoms with van der Waals surface area (Å²) < 4.78 is 0. The van der Waals surface area contributed by atoms with Gasteiger partial charge in [-0.3, -0.25) is 14.9 Å². The van der Waals surface area contributed by atoms with Gasteiger partial charge in [0.05, 0.1) is 6.67 Å². The summed E-state index contributed by atoms with van der Waals surface area (Å²) in [5.74, 6) is -1.06. The van der Waals surface area contributed by atoms with Crippen molar-refractivity contribution in [3.63, 3.8) is 0 Å². The summed E-state index contributed by atoms with van der Waals surface area (Å²) in [7, 11) is 0. The molecule has 17 heavy (non-hydrogen) atoms. The number of dihydropyridines is 1. The van der Waals surface area contributed by atoms with Crippen LogP contribution in [-0.2, 0) is 9.59 Å². The van der Waals surface area contributed by atoms with Gasteiger partial charge in [-0.15, -0.1) is 0 Å². The predicted molar refractivity (Wildman–Crippen MR) is 61.3 cm³/mol. The molecule has 0 bridgehead atoms. The maximum atomic E-state index is 10.3.